The van der Waals surface area contributed by atoms with E-state index in [-0.39, 0.29) is 30.3 Å². The van der Waals surface area contributed by atoms with Crippen LogP contribution in [0, 0.1) is 5.92 Å². The second-order valence-electron chi connectivity index (χ2n) is 7.76. The maximum atomic E-state index is 12.6. The predicted octanol–water partition coefficient (Wildman–Crippen LogP) is 3.95. The van der Waals surface area contributed by atoms with Crippen molar-refractivity contribution in [2.45, 2.75) is 33.2 Å². The van der Waals surface area contributed by atoms with E-state index in [1.807, 2.05) is 32.0 Å². The molecule has 0 spiro atoms. The van der Waals surface area contributed by atoms with Gasteiger partial charge in [-0.15, -0.1) is 0 Å². The number of amides is 1. The molecule has 1 heterocycles. The van der Waals surface area contributed by atoms with E-state index in [9.17, 15) is 9.59 Å². The van der Waals surface area contributed by atoms with Crippen molar-refractivity contribution in [2.75, 3.05) is 26.9 Å². The summed E-state index contributed by atoms with van der Waals surface area (Å²) in [6.07, 6.45) is 0.836. The van der Waals surface area contributed by atoms with Crippen LogP contribution >= 0.6 is 0 Å². The smallest absolute Gasteiger partial charge is 0.258 e. The van der Waals surface area contributed by atoms with Crippen molar-refractivity contribution in [3.05, 3.63) is 47.5 Å². The Morgan fingerprint density at radius 1 is 1.03 bits per heavy atom. The van der Waals surface area contributed by atoms with Crippen LogP contribution < -0.4 is 24.3 Å². The molecule has 2 aromatic rings. The van der Waals surface area contributed by atoms with Crippen LogP contribution in [0.2, 0.25) is 0 Å². The molecule has 0 saturated carbocycles. The van der Waals surface area contributed by atoms with Gasteiger partial charge >= 0.3 is 0 Å². The van der Waals surface area contributed by atoms with Crippen molar-refractivity contribution < 1.29 is 28.5 Å². The largest absolute Gasteiger partial charge is 0.493 e. The molecule has 1 aliphatic rings. The van der Waals surface area contributed by atoms with Crippen LogP contribution in [0.3, 0.4) is 0 Å². The molecule has 1 N–H and O–H groups in total. The summed E-state index contributed by atoms with van der Waals surface area (Å²) in [5, 5.41) is 3.04. The van der Waals surface area contributed by atoms with E-state index in [0.29, 0.717) is 36.0 Å². The minimum atomic E-state index is -0.261. The molecule has 0 aromatic heterocycles. The number of hydrogen-bond acceptors (Lipinski definition) is 6. The first kappa shape index (κ1) is 22.5. The molecule has 0 saturated heterocycles. The zero-order valence-electron chi connectivity index (χ0n) is 18.4. The fraction of sp³-hybridized carbons (Fsp3) is 0.417. The molecular weight excluding hydrogens is 398 g/mol. The molecule has 7 heteroatoms. The molecule has 0 radical (unpaired) electrons. The minimum Gasteiger partial charge on any atom is -0.493 e. The molecule has 0 fully saturated rings. The van der Waals surface area contributed by atoms with E-state index in [1.165, 1.54) is 14.0 Å². The van der Waals surface area contributed by atoms with Crippen LogP contribution in [0.1, 0.15) is 49.2 Å². The topological polar surface area (TPSA) is 83.1 Å². The summed E-state index contributed by atoms with van der Waals surface area (Å²) in [6, 6.07) is 10.4. The van der Waals surface area contributed by atoms with Gasteiger partial charge in [-0.3, -0.25) is 9.59 Å². The summed E-state index contributed by atoms with van der Waals surface area (Å²) in [5.74, 6) is 2.04. The van der Waals surface area contributed by atoms with Crippen molar-refractivity contribution >= 4 is 11.7 Å². The highest BCUT2D eigenvalue weighted by Crippen LogP contribution is 2.34. The molecule has 7 nitrogen and oxygen atoms in total. The molecule has 3 rings (SSSR count). The van der Waals surface area contributed by atoms with Crippen molar-refractivity contribution in [1.82, 2.24) is 5.32 Å². The van der Waals surface area contributed by atoms with Crippen LogP contribution in [0.4, 0.5) is 0 Å². The molecule has 31 heavy (non-hydrogen) atoms. The third-order valence-electron chi connectivity index (χ3n) is 5.04. The van der Waals surface area contributed by atoms with Crippen molar-refractivity contribution in [3.63, 3.8) is 0 Å². The van der Waals surface area contributed by atoms with Crippen LogP contribution in [0.5, 0.6) is 23.0 Å². The Morgan fingerprint density at radius 2 is 1.77 bits per heavy atom. The summed E-state index contributed by atoms with van der Waals surface area (Å²) >= 11 is 0. The fourth-order valence-corrected chi connectivity index (χ4v) is 3.37. The third kappa shape index (κ3) is 5.69. The normalized spacial score (nSPS) is 13.8. The van der Waals surface area contributed by atoms with Gasteiger partial charge in [0.15, 0.2) is 35.4 Å². The van der Waals surface area contributed by atoms with Gasteiger partial charge < -0.3 is 24.3 Å². The van der Waals surface area contributed by atoms with Crippen molar-refractivity contribution in [3.8, 4) is 23.0 Å². The average molecular weight is 427 g/mol. The van der Waals surface area contributed by atoms with Crippen LogP contribution in [0.25, 0.3) is 0 Å². The van der Waals surface area contributed by atoms with Crippen LogP contribution in [0.15, 0.2) is 36.4 Å². The van der Waals surface area contributed by atoms with Crippen LogP contribution in [-0.2, 0) is 4.79 Å². The van der Waals surface area contributed by atoms with E-state index in [0.717, 1.165) is 17.7 Å². The number of rotatable bonds is 8. The first-order valence-corrected chi connectivity index (χ1v) is 10.4. The number of carbonyl (C=O) groups excluding carboxylic acids is 2. The first-order valence-electron chi connectivity index (χ1n) is 10.4. The number of hydrogen-bond donors (Lipinski definition) is 1. The summed E-state index contributed by atoms with van der Waals surface area (Å²) in [5.41, 5.74) is 1.46. The number of carbonyl (C=O) groups is 2. The molecule has 0 aliphatic carbocycles. The molecule has 0 unspecified atom stereocenters. The molecule has 1 aliphatic heterocycles. The van der Waals surface area contributed by atoms with Gasteiger partial charge in [0.1, 0.15) is 0 Å². The molecule has 2 aromatic carbocycles. The Hall–Kier alpha value is -3.22. The summed E-state index contributed by atoms with van der Waals surface area (Å²) in [7, 11) is 1.49. The van der Waals surface area contributed by atoms with Gasteiger partial charge in [0, 0.05) is 12.0 Å². The van der Waals surface area contributed by atoms with E-state index < -0.39 is 0 Å². The van der Waals surface area contributed by atoms with E-state index in [1.54, 1.807) is 18.2 Å². The summed E-state index contributed by atoms with van der Waals surface area (Å²) in [4.78, 5) is 24.2. The standard InChI is InChI=1S/C24H29NO6/c1-15(2)24(18-7-9-20-22(13-18)30-11-5-10-29-20)25-23(27)14-31-19-8-6-17(16(3)26)12-21(19)28-4/h6-9,12-13,15,24H,5,10-11,14H2,1-4H3,(H,25,27)/t24-/m1/s1. The van der Waals surface area contributed by atoms with Crippen molar-refractivity contribution in [2.24, 2.45) is 5.92 Å². The summed E-state index contributed by atoms with van der Waals surface area (Å²) in [6.45, 7) is 6.62. The summed E-state index contributed by atoms with van der Waals surface area (Å²) < 4.78 is 22.4. The lowest BCUT2D eigenvalue weighted by Crippen LogP contribution is -2.35. The Balaban J connectivity index is 1.68. The van der Waals surface area contributed by atoms with Gasteiger partial charge in [-0.1, -0.05) is 19.9 Å². The first-order chi connectivity index (χ1) is 14.9. The Labute approximate surface area is 182 Å². The fourth-order valence-electron chi connectivity index (χ4n) is 3.37. The number of benzene rings is 2. The zero-order chi connectivity index (χ0) is 22.4. The zero-order valence-corrected chi connectivity index (χ0v) is 18.4. The molecular formula is C24H29NO6. The van der Waals surface area contributed by atoms with E-state index in [4.69, 9.17) is 18.9 Å². The van der Waals surface area contributed by atoms with E-state index >= 15 is 0 Å². The van der Waals surface area contributed by atoms with Crippen LogP contribution in [-0.4, -0.2) is 38.6 Å². The van der Waals surface area contributed by atoms with Crippen molar-refractivity contribution in [1.29, 1.82) is 0 Å². The van der Waals surface area contributed by atoms with Gasteiger partial charge in [-0.2, -0.15) is 0 Å². The second-order valence-corrected chi connectivity index (χ2v) is 7.76. The Kier molecular flexibility index (Phi) is 7.39. The predicted molar refractivity (Wildman–Crippen MR) is 116 cm³/mol. The van der Waals surface area contributed by atoms with Gasteiger partial charge in [0.05, 0.1) is 26.4 Å². The quantitative estimate of drug-likeness (QED) is 0.643. The lowest BCUT2D eigenvalue weighted by molar-refractivity contribution is -0.124. The highest BCUT2D eigenvalue weighted by Gasteiger charge is 2.21. The number of nitrogens with one attached hydrogen (secondary N) is 1. The Morgan fingerprint density at radius 3 is 2.45 bits per heavy atom. The van der Waals surface area contributed by atoms with Gasteiger partial charge in [-0.25, -0.2) is 0 Å². The lowest BCUT2D eigenvalue weighted by atomic mass is 9.95. The maximum absolute atomic E-state index is 12.6. The van der Waals surface area contributed by atoms with Gasteiger partial charge in [0.2, 0.25) is 0 Å². The van der Waals surface area contributed by atoms with Gasteiger partial charge in [-0.05, 0) is 48.7 Å². The lowest BCUT2D eigenvalue weighted by Gasteiger charge is -2.24. The third-order valence-corrected chi connectivity index (χ3v) is 5.04. The second kappa shape index (κ2) is 10.2. The number of Topliss-reactive ketones (excluding diaryl/α,β-unsaturated/α-hetero) is 1. The molecule has 1 atom stereocenters. The number of fused-ring (bicyclic) bond motifs is 1. The average Bonchev–Trinajstić information content (AvgIpc) is 3.00. The minimum absolute atomic E-state index is 0.0718. The highest BCUT2D eigenvalue weighted by atomic mass is 16.5. The van der Waals surface area contributed by atoms with Gasteiger partial charge in [0.25, 0.3) is 5.91 Å². The number of methoxy groups -OCH3 is 1. The number of ketones is 1. The molecule has 1 amide bonds. The van der Waals surface area contributed by atoms with E-state index in [2.05, 4.69) is 5.32 Å². The maximum Gasteiger partial charge on any atom is 0.258 e. The highest BCUT2D eigenvalue weighted by molar-refractivity contribution is 5.94. The monoisotopic (exact) mass is 427 g/mol. The molecule has 166 valence electrons. The Bertz CT molecular complexity index is 940. The number of ether oxygens (including phenoxy) is 4. The molecule has 0 bridgehead atoms. The SMILES string of the molecule is COc1cc(C(C)=O)ccc1OCC(=O)N[C@@H](c1ccc2c(c1)OCCCO2)C(C)C.